The van der Waals surface area contributed by atoms with Crippen LogP contribution in [0.4, 0.5) is 5.82 Å². The number of aromatic nitrogens is 1. The first-order chi connectivity index (χ1) is 8.59. The molecule has 0 atom stereocenters. The van der Waals surface area contributed by atoms with Crippen molar-refractivity contribution in [2.24, 2.45) is 5.73 Å². The largest absolute Gasteiger partial charge is 0.362 e. The second-order valence-electron chi connectivity index (χ2n) is 4.90. The molecule has 1 aliphatic rings. The summed E-state index contributed by atoms with van der Waals surface area (Å²) in [6.07, 6.45) is 3.46. The van der Waals surface area contributed by atoms with Crippen LogP contribution < -0.4 is 10.6 Å². The van der Waals surface area contributed by atoms with E-state index < -0.39 is 0 Å². The number of pyridine rings is 1. The third kappa shape index (κ3) is 2.61. The molecule has 2 N–H and O–H groups in total. The lowest BCUT2D eigenvalue weighted by molar-refractivity contribution is 0.0715. The number of nitrogens with two attached hydrogens (primary N) is 1. The van der Waals surface area contributed by atoms with Gasteiger partial charge in [-0.15, -0.1) is 0 Å². The Hall–Kier alpha value is -1.62. The summed E-state index contributed by atoms with van der Waals surface area (Å²) in [6, 6.07) is 3.87. The molecule has 1 saturated heterocycles. The minimum Gasteiger partial charge on any atom is -0.362 e. The highest BCUT2D eigenvalue weighted by molar-refractivity contribution is 5.98. The van der Waals surface area contributed by atoms with Crippen molar-refractivity contribution in [3.8, 4) is 0 Å². The van der Waals surface area contributed by atoms with E-state index in [1.165, 1.54) is 0 Å². The van der Waals surface area contributed by atoms with Gasteiger partial charge >= 0.3 is 0 Å². The van der Waals surface area contributed by atoms with Gasteiger partial charge in [-0.05, 0) is 25.0 Å². The fourth-order valence-corrected chi connectivity index (χ4v) is 2.19. The van der Waals surface area contributed by atoms with Crippen LogP contribution in [0.25, 0.3) is 0 Å². The number of anilines is 1. The number of carbonyl (C=O) groups is 1. The van der Waals surface area contributed by atoms with E-state index in [2.05, 4.69) is 4.98 Å². The maximum atomic E-state index is 12.5. The lowest BCUT2D eigenvalue weighted by Crippen LogP contribution is -2.43. The molecule has 1 aromatic rings. The molecule has 0 spiro atoms. The number of amides is 1. The molecule has 1 fully saturated rings. The molecule has 0 saturated carbocycles. The number of hydrogen-bond donors (Lipinski definition) is 1. The number of nitrogens with zero attached hydrogens (tertiary/aromatic N) is 3. The first-order valence-corrected chi connectivity index (χ1v) is 6.27. The van der Waals surface area contributed by atoms with Gasteiger partial charge in [0.25, 0.3) is 5.91 Å². The van der Waals surface area contributed by atoms with Crippen molar-refractivity contribution >= 4 is 11.7 Å². The Morgan fingerprint density at radius 2 is 2.11 bits per heavy atom. The molecule has 0 aliphatic carbocycles. The highest BCUT2D eigenvalue weighted by Gasteiger charge is 2.24. The quantitative estimate of drug-likeness (QED) is 0.837. The van der Waals surface area contributed by atoms with Crippen LogP contribution in [0.2, 0.25) is 0 Å². The highest BCUT2D eigenvalue weighted by Crippen LogP contribution is 2.19. The van der Waals surface area contributed by atoms with Crippen LogP contribution >= 0.6 is 0 Å². The minimum atomic E-state index is 0.0544. The van der Waals surface area contributed by atoms with Crippen molar-refractivity contribution in [3.05, 3.63) is 23.9 Å². The average molecular weight is 248 g/mol. The minimum absolute atomic E-state index is 0.0544. The molecule has 98 valence electrons. The van der Waals surface area contributed by atoms with Gasteiger partial charge in [0, 0.05) is 39.4 Å². The Bertz CT molecular complexity index is 425. The topological polar surface area (TPSA) is 62.5 Å². The van der Waals surface area contributed by atoms with Crippen LogP contribution in [0.5, 0.6) is 0 Å². The summed E-state index contributed by atoms with van der Waals surface area (Å²) in [5, 5.41) is 0. The molecule has 5 nitrogen and oxygen atoms in total. The summed E-state index contributed by atoms with van der Waals surface area (Å²) in [6.45, 7) is 1.48. The van der Waals surface area contributed by atoms with Crippen LogP contribution in [0, 0.1) is 0 Å². The fourth-order valence-electron chi connectivity index (χ4n) is 2.19. The van der Waals surface area contributed by atoms with Crippen LogP contribution in [-0.2, 0) is 0 Å². The Balaban J connectivity index is 2.18. The number of piperidine rings is 1. The Kier molecular flexibility index (Phi) is 3.81. The number of likely N-dealkylation sites (tertiary alicyclic amines) is 1. The molecule has 2 heterocycles. The molecule has 1 aromatic heterocycles. The van der Waals surface area contributed by atoms with Gasteiger partial charge in [0.2, 0.25) is 0 Å². The van der Waals surface area contributed by atoms with Crippen LogP contribution in [0.3, 0.4) is 0 Å². The van der Waals surface area contributed by atoms with Gasteiger partial charge in [-0.3, -0.25) is 4.79 Å². The summed E-state index contributed by atoms with van der Waals surface area (Å²) in [4.78, 5) is 20.4. The standard InChI is InChI=1S/C13H20N4O/c1-16(2)12-11(4-3-7-15-12)13(18)17-8-5-10(14)6-9-17/h3-4,7,10H,5-6,8-9,14H2,1-2H3. The molecule has 0 aromatic carbocycles. The van der Waals surface area contributed by atoms with Crippen LogP contribution in [-0.4, -0.2) is 49.0 Å². The van der Waals surface area contributed by atoms with Crippen LogP contribution in [0.15, 0.2) is 18.3 Å². The van der Waals surface area contributed by atoms with Crippen molar-refractivity contribution in [3.63, 3.8) is 0 Å². The zero-order valence-corrected chi connectivity index (χ0v) is 11.0. The molecule has 0 bridgehead atoms. The molecule has 18 heavy (non-hydrogen) atoms. The molecule has 5 heteroatoms. The normalized spacial score (nSPS) is 16.7. The highest BCUT2D eigenvalue weighted by atomic mass is 16.2. The van der Waals surface area contributed by atoms with Crippen molar-refractivity contribution in [2.75, 3.05) is 32.1 Å². The second kappa shape index (κ2) is 5.35. The van der Waals surface area contributed by atoms with Gasteiger partial charge in [-0.25, -0.2) is 4.98 Å². The monoisotopic (exact) mass is 248 g/mol. The van der Waals surface area contributed by atoms with Gasteiger partial charge in [-0.1, -0.05) is 0 Å². The summed E-state index contributed by atoms with van der Waals surface area (Å²) < 4.78 is 0. The molecule has 0 radical (unpaired) electrons. The fraction of sp³-hybridized carbons (Fsp3) is 0.538. The van der Waals surface area contributed by atoms with E-state index >= 15 is 0 Å². The Labute approximate surface area is 108 Å². The second-order valence-corrected chi connectivity index (χ2v) is 4.90. The first-order valence-electron chi connectivity index (χ1n) is 6.27. The predicted octanol–water partition coefficient (Wildman–Crippen LogP) is 0.711. The van der Waals surface area contributed by atoms with E-state index in [-0.39, 0.29) is 11.9 Å². The lowest BCUT2D eigenvalue weighted by Gasteiger charge is -2.31. The molecule has 2 rings (SSSR count). The van der Waals surface area contributed by atoms with Gasteiger partial charge in [-0.2, -0.15) is 0 Å². The van der Waals surface area contributed by atoms with E-state index in [9.17, 15) is 4.79 Å². The van der Waals surface area contributed by atoms with Crippen molar-refractivity contribution in [2.45, 2.75) is 18.9 Å². The van der Waals surface area contributed by atoms with Gasteiger partial charge in [0.05, 0.1) is 5.56 Å². The Morgan fingerprint density at radius 3 is 2.72 bits per heavy atom. The SMILES string of the molecule is CN(C)c1ncccc1C(=O)N1CCC(N)CC1. The first kappa shape index (κ1) is 12.8. The third-order valence-electron chi connectivity index (χ3n) is 3.27. The number of hydrogen-bond acceptors (Lipinski definition) is 4. The maximum Gasteiger partial charge on any atom is 0.257 e. The number of carbonyl (C=O) groups excluding carboxylic acids is 1. The van der Waals surface area contributed by atoms with E-state index in [0.717, 1.165) is 31.7 Å². The van der Waals surface area contributed by atoms with E-state index in [1.807, 2.05) is 30.0 Å². The van der Waals surface area contributed by atoms with Crippen molar-refractivity contribution in [1.29, 1.82) is 0 Å². The van der Waals surface area contributed by atoms with E-state index in [0.29, 0.717) is 5.56 Å². The summed E-state index contributed by atoms with van der Waals surface area (Å²) in [5.74, 6) is 0.774. The molecular formula is C13H20N4O. The van der Waals surface area contributed by atoms with Crippen LogP contribution in [0.1, 0.15) is 23.2 Å². The Morgan fingerprint density at radius 1 is 1.44 bits per heavy atom. The molecule has 0 unspecified atom stereocenters. The smallest absolute Gasteiger partial charge is 0.257 e. The predicted molar refractivity (Wildman–Crippen MR) is 71.7 cm³/mol. The van der Waals surface area contributed by atoms with Gasteiger partial charge < -0.3 is 15.5 Å². The van der Waals surface area contributed by atoms with Crippen molar-refractivity contribution in [1.82, 2.24) is 9.88 Å². The summed E-state index contributed by atoms with van der Waals surface area (Å²) in [5.41, 5.74) is 6.52. The zero-order valence-electron chi connectivity index (χ0n) is 11.0. The molecule has 1 amide bonds. The van der Waals surface area contributed by atoms with Gasteiger partial charge in [0.15, 0.2) is 0 Å². The summed E-state index contributed by atoms with van der Waals surface area (Å²) in [7, 11) is 3.79. The molecular weight excluding hydrogens is 228 g/mol. The zero-order chi connectivity index (χ0) is 13.1. The third-order valence-corrected chi connectivity index (χ3v) is 3.27. The average Bonchev–Trinajstić information content (AvgIpc) is 2.39. The molecule has 1 aliphatic heterocycles. The summed E-state index contributed by atoms with van der Waals surface area (Å²) >= 11 is 0. The van der Waals surface area contributed by atoms with Gasteiger partial charge in [0.1, 0.15) is 5.82 Å². The van der Waals surface area contributed by atoms with Crippen molar-refractivity contribution < 1.29 is 4.79 Å². The lowest BCUT2D eigenvalue weighted by atomic mass is 10.1. The van der Waals surface area contributed by atoms with E-state index in [1.54, 1.807) is 12.3 Å². The van der Waals surface area contributed by atoms with E-state index in [4.69, 9.17) is 5.73 Å². The number of rotatable bonds is 2. The maximum absolute atomic E-state index is 12.5.